The van der Waals surface area contributed by atoms with Gasteiger partial charge in [-0.3, -0.25) is 9.88 Å². The van der Waals surface area contributed by atoms with E-state index in [-0.39, 0.29) is 40.1 Å². The first-order valence-electron chi connectivity index (χ1n) is 16.7. The van der Waals surface area contributed by atoms with E-state index in [1.54, 1.807) is 6.07 Å². The molecule has 0 bridgehead atoms. The molecule has 7 rings (SSSR count). The van der Waals surface area contributed by atoms with E-state index in [2.05, 4.69) is 20.2 Å². The molecule has 5 heterocycles. The van der Waals surface area contributed by atoms with Gasteiger partial charge in [0.25, 0.3) is 0 Å². The molecule has 14 heteroatoms. The minimum absolute atomic E-state index is 0.0161. The summed E-state index contributed by atoms with van der Waals surface area (Å²) in [6.07, 6.45) is 5.70. The summed E-state index contributed by atoms with van der Waals surface area (Å²) in [5.74, 6) is -0.757. The molecule has 0 amide bonds. The van der Waals surface area contributed by atoms with Gasteiger partial charge in [0.05, 0.1) is 46.6 Å². The zero-order valence-electron chi connectivity index (χ0n) is 27.3. The van der Waals surface area contributed by atoms with Gasteiger partial charge in [-0.2, -0.15) is 9.97 Å². The summed E-state index contributed by atoms with van der Waals surface area (Å²) in [5, 5.41) is 13.7. The lowest BCUT2D eigenvalue weighted by atomic mass is 9.52. The molecule has 6 radical (unpaired) electrons. The molecular formula is C34H37B3F2N6O3. The highest BCUT2D eigenvalue weighted by molar-refractivity contribution is 6.58. The molecule has 2 N–H and O–H groups in total. The van der Waals surface area contributed by atoms with Crippen LogP contribution < -0.4 is 15.0 Å². The standard InChI is InChI=1S/C34H37B3F2N6O3/c1-3-22-25(38)7-6-20-14-21(46)15-23(27(20)22)29-28(39)30-24(16-41-29)31(44-13-10-40-26(17-44)19(2)48-34(35,36)37)43-32(42-30)47-18-33-8-4-11-45(33)12-5-9-33/h6-7,14-16,19,26,40,46H,3-5,8-13,17-18H2,1-2H3. The van der Waals surface area contributed by atoms with E-state index in [9.17, 15) is 5.11 Å². The fourth-order valence-corrected chi connectivity index (χ4v) is 7.90. The smallest absolute Gasteiger partial charge is 0.319 e. The lowest BCUT2D eigenvalue weighted by Gasteiger charge is -2.40. The van der Waals surface area contributed by atoms with Crippen molar-refractivity contribution in [3.63, 3.8) is 0 Å². The molecule has 2 unspecified atom stereocenters. The lowest BCUT2D eigenvalue weighted by Crippen LogP contribution is -2.57. The number of phenols is 1. The van der Waals surface area contributed by atoms with Crippen molar-refractivity contribution in [3.8, 4) is 23.0 Å². The second-order valence-electron chi connectivity index (χ2n) is 13.4. The number of halogens is 2. The first kappa shape index (κ1) is 33.0. The fraction of sp³-hybridized carbons (Fsp3) is 0.500. The van der Waals surface area contributed by atoms with Gasteiger partial charge in [0.2, 0.25) is 0 Å². The Morgan fingerprint density at radius 3 is 2.62 bits per heavy atom. The third kappa shape index (κ3) is 6.11. The van der Waals surface area contributed by atoms with Gasteiger partial charge in [-0.15, -0.1) is 0 Å². The number of nitrogens with zero attached hydrogens (tertiary/aromatic N) is 5. The number of piperazine rings is 1. The molecule has 9 nitrogen and oxygen atoms in total. The zero-order chi connectivity index (χ0) is 33.8. The Morgan fingerprint density at radius 2 is 1.90 bits per heavy atom. The molecule has 4 aromatic rings. The van der Waals surface area contributed by atoms with Crippen LogP contribution in [-0.4, -0.2) is 111 Å². The highest BCUT2D eigenvalue weighted by Gasteiger charge is 2.45. The average molecular weight is 648 g/mol. The Balaban J connectivity index is 1.34. The Hall–Kier alpha value is -3.48. The van der Waals surface area contributed by atoms with Crippen molar-refractivity contribution in [2.45, 2.75) is 68.9 Å². The van der Waals surface area contributed by atoms with Crippen molar-refractivity contribution >= 4 is 51.0 Å². The van der Waals surface area contributed by atoms with E-state index in [1.165, 1.54) is 24.4 Å². The Bertz CT molecular complexity index is 1850. The van der Waals surface area contributed by atoms with Gasteiger partial charge in [0, 0.05) is 31.4 Å². The normalized spacial score (nSPS) is 20.4. The number of pyridine rings is 1. The Morgan fingerprint density at radius 1 is 1.12 bits per heavy atom. The van der Waals surface area contributed by atoms with Crippen molar-refractivity contribution in [1.82, 2.24) is 25.2 Å². The van der Waals surface area contributed by atoms with Crippen LogP contribution in [0.4, 0.5) is 14.6 Å². The van der Waals surface area contributed by atoms with Gasteiger partial charge in [-0.05, 0) is 92.0 Å². The maximum absolute atomic E-state index is 16.9. The summed E-state index contributed by atoms with van der Waals surface area (Å²) in [6.45, 7) is 7.65. The molecule has 244 valence electrons. The number of aromatic hydroxyl groups is 1. The van der Waals surface area contributed by atoms with Gasteiger partial charge in [-0.1, -0.05) is 13.0 Å². The quantitative estimate of drug-likeness (QED) is 0.264. The average Bonchev–Trinajstić information content (AvgIpc) is 3.64. The van der Waals surface area contributed by atoms with Gasteiger partial charge >= 0.3 is 6.01 Å². The van der Waals surface area contributed by atoms with Crippen LogP contribution in [-0.2, 0) is 11.2 Å². The number of ether oxygens (including phenoxy) is 2. The maximum Gasteiger partial charge on any atom is 0.319 e. The van der Waals surface area contributed by atoms with Crippen LogP contribution in [0.25, 0.3) is 32.9 Å². The SMILES string of the molecule is [B]C([B])([B])OC(C)C1CN(c2nc(OCC34CCCN3CCC4)nc3c(F)c(-c4cc(O)cc5ccc(F)c(CC)c45)ncc23)CCN1. The number of phenolic OH excluding ortho intramolecular Hbond substituents is 1. The maximum atomic E-state index is 16.9. The monoisotopic (exact) mass is 648 g/mol. The van der Waals surface area contributed by atoms with E-state index in [4.69, 9.17) is 38.0 Å². The van der Waals surface area contributed by atoms with Crippen LogP contribution in [0.15, 0.2) is 30.5 Å². The third-order valence-corrected chi connectivity index (χ3v) is 10.1. The van der Waals surface area contributed by atoms with E-state index >= 15 is 8.78 Å². The van der Waals surface area contributed by atoms with Crippen LogP contribution in [0.5, 0.6) is 11.8 Å². The van der Waals surface area contributed by atoms with Crippen molar-refractivity contribution in [3.05, 3.63) is 47.7 Å². The second kappa shape index (κ2) is 12.8. The van der Waals surface area contributed by atoms with Gasteiger partial charge in [-0.25, -0.2) is 8.78 Å². The molecule has 3 aliphatic heterocycles. The number of nitrogens with one attached hydrogen (secondary N) is 1. The topological polar surface area (TPSA) is 95.9 Å². The molecule has 3 aliphatic rings. The molecule has 3 fully saturated rings. The van der Waals surface area contributed by atoms with Crippen LogP contribution in [0, 0.1) is 11.6 Å². The predicted octanol–water partition coefficient (Wildman–Crippen LogP) is 3.70. The van der Waals surface area contributed by atoms with Crippen LogP contribution in [0.3, 0.4) is 0 Å². The van der Waals surface area contributed by atoms with Crippen molar-refractivity contribution in [1.29, 1.82) is 0 Å². The lowest BCUT2D eigenvalue weighted by molar-refractivity contribution is 0.0317. The summed E-state index contributed by atoms with van der Waals surface area (Å²) >= 11 is 0. The summed E-state index contributed by atoms with van der Waals surface area (Å²) in [5.41, 5.74) is 0.571. The zero-order valence-corrected chi connectivity index (χ0v) is 27.3. The number of rotatable bonds is 9. The number of aryl methyl sites for hydroxylation is 1. The summed E-state index contributed by atoms with van der Waals surface area (Å²) in [4.78, 5) is 18.5. The summed E-state index contributed by atoms with van der Waals surface area (Å²) in [7, 11) is 17.2. The largest absolute Gasteiger partial charge is 0.508 e. The molecule has 0 aliphatic carbocycles. The first-order chi connectivity index (χ1) is 23.0. The predicted molar refractivity (Wildman–Crippen MR) is 184 cm³/mol. The molecule has 48 heavy (non-hydrogen) atoms. The Labute approximate surface area is 283 Å². The van der Waals surface area contributed by atoms with E-state index < -0.39 is 23.0 Å². The minimum atomic E-state index is -1.81. The second-order valence-corrected chi connectivity index (χ2v) is 13.4. The number of benzene rings is 2. The highest BCUT2D eigenvalue weighted by atomic mass is 19.1. The number of hydrogen-bond acceptors (Lipinski definition) is 9. The minimum Gasteiger partial charge on any atom is -0.508 e. The molecular weight excluding hydrogens is 611 g/mol. The first-order valence-corrected chi connectivity index (χ1v) is 16.7. The van der Waals surface area contributed by atoms with E-state index in [0.717, 1.165) is 38.8 Å². The molecule has 0 saturated carbocycles. The van der Waals surface area contributed by atoms with Crippen LogP contribution >= 0.6 is 0 Å². The van der Waals surface area contributed by atoms with Gasteiger partial charge in [0.1, 0.15) is 35.2 Å². The summed E-state index contributed by atoms with van der Waals surface area (Å²) < 4.78 is 43.9. The molecule has 2 aromatic heterocycles. The Kier molecular flexibility index (Phi) is 8.79. The van der Waals surface area contributed by atoms with Crippen LogP contribution in [0.1, 0.15) is 45.1 Å². The van der Waals surface area contributed by atoms with Gasteiger partial charge in [0.15, 0.2) is 5.82 Å². The third-order valence-electron chi connectivity index (χ3n) is 10.1. The van der Waals surface area contributed by atoms with Crippen molar-refractivity contribution in [2.75, 3.05) is 44.2 Å². The van der Waals surface area contributed by atoms with Crippen LogP contribution in [0.2, 0.25) is 0 Å². The molecule has 2 aromatic carbocycles. The summed E-state index contributed by atoms with van der Waals surface area (Å²) in [6, 6.07) is 5.71. The number of aromatic nitrogens is 3. The number of fused-ring (bicyclic) bond motifs is 3. The number of hydrogen-bond donors (Lipinski definition) is 2. The van der Waals surface area contributed by atoms with E-state index in [0.29, 0.717) is 60.2 Å². The highest BCUT2D eigenvalue weighted by Crippen LogP contribution is 2.41. The van der Waals surface area contributed by atoms with E-state index in [1.807, 2.05) is 18.7 Å². The number of anilines is 1. The fourth-order valence-electron chi connectivity index (χ4n) is 7.90. The molecule has 3 saturated heterocycles. The van der Waals surface area contributed by atoms with Crippen molar-refractivity contribution in [2.24, 2.45) is 0 Å². The van der Waals surface area contributed by atoms with Gasteiger partial charge < -0.3 is 24.8 Å². The van der Waals surface area contributed by atoms with Crippen molar-refractivity contribution < 1.29 is 23.4 Å². The molecule has 2 atom stereocenters. The molecule has 0 spiro atoms.